The Kier molecular flexibility index (Phi) is 4.13. The monoisotopic (exact) mass is 279 g/mol. The average Bonchev–Trinajstić information content (AvgIpc) is 3.19. The van der Waals surface area contributed by atoms with Crippen molar-refractivity contribution in [2.45, 2.75) is 63.5 Å². The van der Waals surface area contributed by atoms with Crippen molar-refractivity contribution >= 4 is 11.9 Å². The van der Waals surface area contributed by atoms with Crippen LogP contribution in [0.15, 0.2) is 0 Å². The van der Waals surface area contributed by atoms with Crippen molar-refractivity contribution in [3.8, 4) is 0 Å². The number of carbonyl (C=O) groups excluding carboxylic acids is 2. The molecule has 3 amide bonds. The summed E-state index contributed by atoms with van der Waals surface area (Å²) < 4.78 is 0. The topological polar surface area (TPSA) is 61.4 Å². The molecule has 1 atom stereocenters. The van der Waals surface area contributed by atoms with Crippen LogP contribution < -0.4 is 10.6 Å². The molecular formula is C15H25N3O2. The van der Waals surface area contributed by atoms with Crippen molar-refractivity contribution in [2.75, 3.05) is 13.1 Å². The van der Waals surface area contributed by atoms with E-state index < -0.39 is 0 Å². The molecule has 1 saturated heterocycles. The zero-order valence-corrected chi connectivity index (χ0v) is 12.1. The fraction of sp³-hybridized carbons (Fsp3) is 0.867. The minimum atomic E-state index is -0.0531. The second-order valence-corrected chi connectivity index (χ2v) is 6.50. The lowest BCUT2D eigenvalue weighted by Gasteiger charge is -2.24. The van der Waals surface area contributed by atoms with Crippen LogP contribution >= 0.6 is 0 Å². The Hall–Kier alpha value is -1.26. The Morgan fingerprint density at radius 2 is 1.55 bits per heavy atom. The van der Waals surface area contributed by atoms with Crippen LogP contribution in [0.1, 0.15) is 51.4 Å². The lowest BCUT2D eigenvalue weighted by atomic mass is 9.96. The summed E-state index contributed by atoms with van der Waals surface area (Å²) in [7, 11) is 0. The van der Waals surface area contributed by atoms with Crippen molar-refractivity contribution < 1.29 is 9.59 Å². The Morgan fingerprint density at radius 3 is 2.25 bits per heavy atom. The van der Waals surface area contributed by atoms with Crippen LogP contribution in [0.3, 0.4) is 0 Å². The zero-order valence-electron chi connectivity index (χ0n) is 12.1. The van der Waals surface area contributed by atoms with Crippen LogP contribution in [-0.2, 0) is 4.79 Å². The first-order valence-electron chi connectivity index (χ1n) is 8.08. The highest BCUT2D eigenvalue weighted by atomic mass is 16.2. The summed E-state index contributed by atoms with van der Waals surface area (Å²) in [5.41, 5.74) is 0. The molecule has 5 heteroatoms. The SMILES string of the molecule is O=C(NC1CCCCC1)N[C@@H]1CCN(C(=O)C2CC2)C1. The van der Waals surface area contributed by atoms with Crippen LogP contribution in [0.2, 0.25) is 0 Å². The van der Waals surface area contributed by atoms with Gasteiger partial charge in [0.15, 0.2) is 0 Å². The van der Waals surface area contributed by atoms with Gasteiger partial charge in [-0.05, 0) is 32.1 Å². The molecule has 0 unspecified atom stereocenters. The molecule has 1 heterocycles. The maximum absolute atomic E-state index is 12.0. The minimum Gasteiger partial charge on any atom is -0.340 e. The van der Waals surface area contributed by atoms with E-state index in [1.54, 1.807) is 0 Å². The molecule has 5 nitrogen and oxygen atoms in total. The first-order valence-corrected chi connectivity index (χ1v) is 8.08. The summed E-state index contributed by atoms with van der Waals surface area (Å²) in [5, 5.41) is 6.10. The number of carbonyl (C=O) groups is 2. The predicted octanol–water partition coefficient (Wildman–Crippen LogP) is 1.63. The Bertz CT molecular complexity index is 375. The number of hydrogen-bond donors (Lipinski definition) is 2. The van der Waals surface area contributed by atoms with E-state index in [2.05, 4.69) is 10.6 Å². The third-order valence-corrected chi connectivity index (χ3v) is 4.70. The number of nitrogens with one attached hydrogen (secondary N) is 2. The smallest absolute Gasteiger partial charge is 0.315 e. The maximum Gasteiger partial charge on any atom is 0.315 e. The second-order valence-electron chi connectivity index (χ2n) is 6.50. The van der Waals surface area contributed by atoms with Gasteiger partial charge in [-0.25, -0.2) is 4.79 Å². The van der Waals surface area contributed by atoms with Gasteiger partial charge in [-0.1, -0.05) is 19.3 Å². The van der Waals surface area contributed by atoms with Crippen molar-refractivity contribution in [1.29, 1.82) is 0 Å². The van der Waals surface area contributed by atoms with E-state index in [1.165, 1.54) is 19.3 Å². The lowest BCUT2D eigenvalue weighted by molar-refractivity contribution is -0.131. The first kappa shape index (κ1) is 13.7. The summed E-state index contributed by atoms with van der Waals surface area (Å²) in [6.45, 7) is 1.48. The highest BCUT2D eigenvalue weighted by Crippen LogP contribution is 2.32. The summed E-state index contributed by atoms with van der Waals surface area (Å²) in [6, 6.07) is 0.415. The van der Waals surface area contributed by atoms with Crippen molar-refractivity contribution in [3.63, 3.8) is 0 Å². The van der Waals surface area contributed by atoms with E-state index in [0.717, 1.165) is 38.6 Å². The molecule has 0 aromatic heterocycles. The third-order valence-electron chi connectivity index (χ3n) is 4.70. The van der Waals surface area contributed by atoms with E-state index in [9.17, 15) is 9.59 Å². The molecule has 3 fully saturated rings. The molecule has 20 heavy (non-hydrogen) atoms. The average molecular weight is 279 g/mol. The van der Waals surface area contributed by atoms with Gasteiger partial charge < -0.3 is 15.5 Å². The summed E-state index contributed by atoms with van der Waals surface area (Å²) in [4.78, 5) is 25.8. The van der Waals surface area contributed by atoms with E-state index in [0.29, 0.717) is 18.5 Å². The van der Waals surface area contributed by atoms with Gasteiger partial charge in [0.05, 0.1) is 0 Å². The minimum absolute atomic E-state index is 0.0531. The molecule has 0 aromatic carbocycles. The molecule has 1 aliphatic heterocycles. The van der Waals surface area contributed by atoms with E-state index in [-0.39, 0.29) is 18.0 Å². The predicted molar refractivity (Wildman–Crippen MR) is 76.2 cm³/mol. The number of hydrogen-bond acceptors (Lipinski definition) is 2. The fourth-order valence-corrected chi connectivity index (χ4v) is 3.33. The maximum atomic E-state index is 12.0. The highest BCUT2D eigenvalue weighted by Gasteiger charge is 2.36. The Morgan fingerprint density at radius 1 is 0.850 bits per heavy atom. The van der Waals surface area contributed by atoms with Gasteiger partial charge in [-0.2, -0.15) is 0 Å². The van der Waals surface area contributed by atoms with E-state index in [1.807, 2.05) is 4.90 Å². The van der Waals surface area contributed by atoms with Crippen LogP contribution in [0.25, 0.3) is 0 Å². The molecule has 3 rings (SSSR count). The quantitative estimate of drug-likeness (QED) is 0.825. The van der Waals surface area contributed by atoms with Crippen molar-refractivity contribution in [3.05, 3.63) is 0 Å². The van der Waals surface area contributed by atoms with Gasteiger partial charge in [-0.3, -0.25) is 4.79 Å². The molecule has 2 aliphatic carbocycles. The van der Waals surface area contributed by atoms with Gasteiger partial charge >= 0.3 is 6.03 Å². The Labute approximate surface area is 120 Å². The molecule has 2 saturated carbocycles. The standard InChI is InChI=1S/C15H25N3O2/c19-14(11-6-7-11)18-9-8-13(10-18)17-15(20)16-12-4-2-1-3-5-12/h11-13H,1-10H2,(H2,16,17,20)/t13-/m1/s1. The van der Waals surface area contributed by atoms with Crippen LogP contribution in [0.4, 0.5) is 4.79 Å². The summed E-state index contributed by atoms with van der Waals surface area (Å²) in [5.74, 6) is 0.576. The third kappa shape index (κ3) is 3.44. The lowest BCUT2D eigenvalue weighted by Crippen LogP contribution is -2.47. The van der Waals surface area contributed by atoms with Gasteiger partial charge in [0.25, 0.3) is 0 Å². The van der Waals surface area contributed by atoms with Gasteiger partial charge in [0, 0.05) is 31.1 Å². The van der Waals surface area contributed by atoms with Gasteiger partial charge in [-0.15, -0.1) is 0 Å². The highest BCUT2D eigenvalue weighted by molar-refractivity contribution is 5.81. The fourth-order valence-electron chi connectivity index (χ4n) is 3.33. The second kappa shape index (κ2) is 6.02. The van der Waals surface area contributed by atoms with Crippen molar-refractivity contribution in [2.24, 2.45) is 5.92 Å². The Balaban J connectivity index is 1.39. The number of likely N-dealkylation sites (tertiary alicyclic amines) is 1. The summed E-state index contributed by atoms with van der Waals surface area (Å²) in [6.07, 6.45) is 8.92. The molecule has 0 bridgehead atoms. The van der Waals surface area contributed by atoms with E-state index >= 15 is 0 Å². The zero-order chi connectivity index (χ0) is 13.9. The largest absolute Gasteiger partial charge is 0.340 e. The number of urea groups is 1. The molecule has 112 valence electrons. The molecule has 0 radical (unpaired) electrons. The molecular weight excluding hydrogens is 254 g/mol. The van der Waals surface area contributed by atoms with Crippen LogP contribution in [0, 0.1) is 5.92 Å². The number of amides is 3. The molecule has 0 aromatic rings. The van der Waals surface area contributed by atoms with E-state index in [4.69, 9.17) is 0 Å². The normalized spacial score (nSPS) is 27.4. The summed E-state index contributed by atoms with van der Waals surface area (Å²) >= 11 is 0. The van der Waals surface area contributed by atoms with Crippen LogP contribution in [-0.4, -0.2) is 42.0 Å². The van der Waals surface area contributed by atoms with Gasteiger partial charge in [0.1, 0.15) is 0 Å². The first-order chi connectivity index (χ1) is 9.72. The molecule has 3 aliphatic rings. The van der Waals surface area contributed by atoms with Crippen LogP contribution in [0.5, 0.6) is 0 Å². The van der Waals surface area contributed by atoms with Crippen molar-refractivity contribution in [1.82, 2.24) is 15.5 Å². The number of nitrogens with zero attached hydrogens (tertiary/aromatic N) is 1. The van der Waals surface area contributed by atoms with Gasteiger partial charge in [0.2, 0.25) is 5.91 Å². The number of rotatable bonds is 3. The molecule has 0 spiro atoms. The molecule has 2 N–H and O–H groups in total.